The Morgan fingerprint density at radius 1 is 1.22 bits per heavy atom. The number of H-pyrrole nitrogens is 2. The van der Waals surface area contributed by atoms with Crippen molar-refractivity contribution in [3.63, 3.8) is 0 Å². The molecule has 1 aromatic carbocycles. The molecule has 3 rings (SSSR count). The number of nitrogens with zero attached hydrogens (tertiary/aromatic N) is 2. The van der Waals surface area contributed by atoms with Crippen LogP contribution in [-0.2, 0) is 6.42 Å². The molecule has 2 aromatic heterocycles. The minimum absolute atomic E-state index is 0.167. The van der Waals surface area contributed by atoms with Crippen LogP contribution in [0.1, 0.15) is 32.4 Å². The van der Waals surface area contributed by atoms with E-state index in [4.69, 9.17) is 5.73 Å². The van der Waals surface area contributed by atoms with Gasteiger partial charge in [0.1, 0.15) is 5.82 Å². The Bertz CT molecular complexity index is 876. The van der Waals surface area contributed by atoms with Gasteiger partial charge in [-0.2, -0.15) is 5.10 Å². The summed E-state index contributed by atoms with van der Waals surface area (Å²) in [5.74, 6) is 1.38. The van der Waals surface area contributed by atoms with Gasteiger partial charge >= 0.3 is 0 Å². The highest BCUT2D eigenvalue weighted by Gasteiger charge is 2.18. The second-order valence-corrected chi connectivity index (χ2v) is 5.78. The fourth-order valence-corrected chi connectivity index (χ4v) is 2.88. The van der Waals surface area contributed by atoms with Crippen molar-refractivity contribution in [1.82, 2.24) is 20.2 Å². The van der Waals surface area contributed by atoms with Crippen molar-refractivity contribution in [2.24, 2.45) is 5.92 Å². The monoisotopic (exact) mass is 311 g/mol. The third-order valence-corrected chi connectivity index (χ3v) is 4.37. The lowest BCUT2D eigenvalue weighted by molar-refractivity contribution is 0.485. The van der Waals surface area contributed by atoms with Gasteiger partial charge in [0.15, 0.2) is 5.82 Å². The number of fused-ring (bicyclic) bond motifs is 1. The van der Waals surface area contributed by atoms with E-state index in [-0.39, 0.29) is 5.56 Å². The van der Waals surface area contributed by atoms with Gasteiger partial charge in [0.05, 0.1) is 16.5 Å². The van der Waals surface area contributed by atoms with E-state index < -0.39 is 0 Å². The summed E-state index contributed by atoms with van der Waals surface area (Å²) in [6.07, 6.45) is 3.00. The molecule has 0 aliphatic rings. The number of hydrogen-bond donors (Lipinski definition) is 3. The predicted molar refractivity (Wildman–Crippen MR) is 92.1 cm³/mol. The summed E-state index contributed by atoms with van der Waals surface area (Å²) in [4.78, 5) is 19.7. The molecular weight excluding hydrogens is 290 g/mol. The maximum Gasteiger partial charge on any atom is 0.259 e. The molecular formula is C17H21N5O. The molecule has 0 aliphatic heterocycles. The zero-order valence-corrected chi connectivity index (χ0v) is 13.4. The number of nitrogens with two attached hydrogens (primary N) is 1. The lowest BCUT2D eigenvalue weighted by atomic mass is 9.95. The summed E-state index contributed by atoms with van der Waals surface area (Å²) >= 11 is 0. The number of rotatable bonds is 5. The molecule has 2 heterocycles. The SMILES string of the molecule is CCC(CC)Cc1[nH]nc(N)c1-c1nc2ccccc2c(=O)[nH]1. The molecule has 0 spiro atoms. The Labute approximate surface area is 134 Å². The van der Waals surface area contributed by atoms with Crippen LogP contribution in [0.2, 0.25) is 0 Å². The number of aromatic amines is 2. The predicted octanol–water partition coefficient (Wildman–Crippen LogP) is 2.87. The first-order valence-electron chi connectivity index (χ1n) is 7.96. The molecule has 4 N–H and O–H groups in total. The Balaban J connectivity index is 2.12. The molecule has 0 amide bonds. The van der Waals surface area contributed by atoms with Gasteiger partial charge in [-0.05, 0) is 24.5 Å². The third kappa shape index (κ3) is 2.84. The molecule has 0 saturated heterocycles. The maximum atomic E-state index is 12.3. The molecule has 0 bridgehead atoms. The van der Waals surface area contributed by atoms with E-state index >= 15 is 0 Å². The number of nitrogen functional groups attached to an aromatic ring is 1. The highest BCUT2D eigenvalue weighted by Crippen LogP contribution is 2.28. The Morgan fingerprint density at radius 3 is 2.70 bits per heavy atom. The molecule has 0 fully saturated rings. The zero-order chi connectivity index (χ0) is 16.4. The lowest BCUT2D eigenvalue weighted by Crippen LogP contribution is -2.11. The van der Waals surface area contributed by atoms with Gasteiger partial charge in [-0.3, -0.25) is 9.89 Å². The second kappa shape index (κ2) is 6.24. The Hall–Kier alpha value is -2.63. The van der Waals surface area contributed by atoms with Crippen LogP contribution in [0.25, 0.3) is 22.3 Å². The number of para-hydroxylation sites is 1. The Kier molecular flexibility index (Phi) is 4.14. The molecule has 0 unspecified atom stereocenters. The summed E-state index contributed by atoms with van der Waals surface area (Å²) in [6.45, 7) is 4.34. The van der Waals surface area contributed by atoms with E-state index in [1.165, 1.54) is 0 Å². The molecule has 6 nitrogen and oxygen atoms in total. The van der Waals surface area contributed by atoms with E-state index in [1.807, 2.05) is 18.2 Å². The molecule has 120 valence electrons. The third-order valence-electron chi connectivity index (χ3n) is 4.37. The number of hydrogen-bond acceptors (Lipinski definition) is 4. The van der Waals surface area contributed by atoms with Crippen LogP contribution in [0.3, 0.4) is 0 Å². The van der Waals surface area contributed by atoms with E-state index in [0.717, 1.165) is 25.0 Å². The van der Waals surface area contributed by atoms with Gasteiger partial charge in [0, 0.05) is 5.69 Å². The number of nitrogens with one attached hydrogen (secondary N) is 2. The summed E-state index contributed by atoms with van der Waals surface area (Å²) in [5, 5.41) is 7.69. The first-order chi connectivity index (χ1) is 11.1. The fraction of sp³-hybridized carbons (Fsp3) is 0.353. The molecule has 0 aliphatic carbocycles. The largest absolute Gasteiger partial charge is 0.382 e. The van der Waals surface area contributed by atoms with Crippen molar-refractivity contribution < 1.29 is 0 Å². The standard InChI is InChI=1S/C17H21N5O/c1-3-10(4-2)9-13-14(15(18)22-21-13)16-19-12-8-6-5-7-11(12)17(23)20-16/h5-8,10H,3-4,9H2,1-2H3,(H3,18,21,22)(H,19,20,23). The second-order valence-electron chi connectivity index (χ2n) is 5.78. The van der Waals surface area contributed by atoms with Crippen LogP contribution in [0, 0.1) is 5.92 Å². The summed E-state index contributed by atoms with van der Waals surface area (Å²) in [7, 11) is 0. The minimum Gasteiger partial charge on any atom is -0.382 e. The molecule has 0 saturated carbocycles. The normalized spacial score (nSPS) is 11.4. The van der Waals surface area contributed by atoms with E-state index in [9.17, 15) is 4.79 Å². The molecule has 0 radical (unpaired) electrons. The lowest BCUT2D eigenvalue weighted by Gasteiger charge is -2.12. The summed E-state index contributed by atoms with van der Waals surface area (Å²) in [6, 6.07) is 7.27. The number of anilines is 1. The number of benzene rings is 1. The first-order valence-corrected chi connectivity index (χ1v) is 7.96. The van der Waals surface area contributed by atoms with Crippen molar-refractivity contribution in [3.8, 4) is 11.4 Å². The van der Waals surface area contributed by atoms with Gasteiger partial charge in [-0.15, -0.1) is 0 Å². The molecule has 3 aromatic rings. The highest BCUT2D eigenvalue weighted by atomic mass is 16.1. The number of aromatic nitrogens is 4. The van der Waals surface area contributed by atoms with Crippen LogP contribution in [0.4, 0.5) is 5.82 Å². The summed E-state index contributed by atoms with van der Waals surface area (Å²) < 4.78 is 0. The van der Waals surface area contributed by atoms with Crippen molar-refractivity contribution in [2.75, 3.05) is 5.73 Å². The van der Waals surface area contributed by atoms with Gasteiger partial charge in [-0.25, -0.2) is 4.98 Å². The Morgan fingerprint density at radius 2 is 1.96 bits per heavy atom. The topological polar surface area (TPSA) is 100 Å². The van der Waals surface area contributed by atoms with Crippen LogP contribution >= 0.6 is 0 Å². The van der Waals surface area contributed by atoms with Crippen LogP contribution in [0.5, 0.6) is 0 Å². The smallest absolute Gasteiger partial charge is 0.259 e. The van der Waals surface area contributed by atoms with Crippen LogP contribution in [-0.4, -0.2) is 20.2 Å². The van der Waals surface area contributed by atoms with Gasteiger partial charge < -0.3 is 10.7 Å². The van der Waals surface area contributed by atoms with Gasteiger partial charge in [0.25, 0.3) is 5.56 Å². The average Bonchev–Trinajstić information content (AvgIpc) is 2.93. The van der Waals surface area contributed by atoms with E-state index in [1.54, 1.807) is 6.07 Å². The van der Waals surface area contributed by atoms with E-state index in [0.29, 0.717) is 34.0 Å². The van der Waals surface area contributed by atoms with Crippen molar-refractivity contribution in [2.45, 2.75) is 33.1 Å². The minimum atomic E-state index is -0.167. The quantitative estimate of drug-likeness (QED) is 0.674. The zero-order valence-electron chi connectivity index (χ0n) is 13.4. The van der Waals surface area contributed by atoms with Crippen molar-refractivity contribution >= 4 is 16.7 Å². The van der Waals surface area contributed by atoms with Crippen LogP contribution in [0.15, 0.2) is 29.1 Å². The molecule has 6 heteroatoms. The first kappa shape index (κ1) is 15.3. The van der Waals surface area contributed by atoms with Gasteiger partial charge in [-0.1, -0.05) is 38.8 Å². The van der Waals surface area contributed by atoms with Crippen LogP contribution < -0.4 is 11.3 Å². The van der Waals surface area contributed by atoms with Gasteiger partial charge in [0.2, 0.25) is 0 Å². The molecule has 0 atom stereocenters. The highest BCUT2D eigenvalue weighted by molar-refractivity contribution is 5.81. The average molecular weight is 311 g/mol. The van der Waals surface area contributed by atoms with E-state index in [2.05, 4.69) is 34.0 Å². The maximum absolute atomic E-state index is 12.3. The fourth-order valence-electron chi connectivity index (χ4n) is 2.88. The van der Waals surface area contributed by atoms with Crippen molar-refractivity contribution in [3.05, 3.63) is 40.3 Å². The summed E-state index contributed by atoms with van der Waals surface area (Å²) in [5.41, 5.74) is 8.14. The molecule has 23 heavy (non-hydrogen) atoms. The van der Waals surface area contributed by atoms with Crippen molar-refractivity contribution in [1.29, 1.82) is 0 Å².